The lowest BCUT2D eigenvalue weighted by molar-refractivity contribution is 0.555. The average Bonchev–Trinajstić information content (AvgIpc) is 2.86. The highest BCUT2D eigenvalue weighted by atomic mass is 32.2. The Kier molecular flexibility index (Phi) is 5.31. The van der Waals surface area contributed by atoms with Crippen LogP contribution >= 0.6 is 11.8 Å². The minimum atomic E-state index is -3.52. The van der Waals surface area contributed by atoms with Gasteiger partial charge in [0.2, 0.25) is 10.0 Å². The van der Waals surface area contributed by atoms with Gasteiger partial charge in [0.1, 0.15) is 0 Å². The van der Waals surface area contributed by atoms with Crippen LogP contribution in [0.15, 0.2) is 23.1 Å². The highest BCUT2D eigenvalue weighted by Gasteiger charge is 2.31. The number of nitrogens with zero attached hydrogens (tertiary/aromatic N) is 1. The summed E-state index contributed by atoms with van der Waals surface area (Å²) in [4.78, 5) is 0.242. The molecule has 0 spiro atoms. The van der Waals surface area contributed by atoms with Gasteiger partial charge >= 0.3 is 0 Å². The fourth-order valence-electron chi connectivity index (χ4n) is 2.67. The van der Waals surface area contributed by atoms with Crippen molar-refractivity contribution in [3.8, 4) is 6.07 Å². The third-order valence-electron chi connectivity index (χ3n) is 3.77. The fraction of sp³-hybridized carbons (Fsp3) is 0.533. The van der Waals surface area contributed by atoms with Crippen LogP contribution in [0.1, 0.15) is 37.3 Å². The van der Waals surface area contributed by atoms with Crippen LogP contribution in [0.3, 0.4) is 0 Å². The van der Waals surface area contributed by atoms with Crippen LogP contribution in [0.2, 0.25) is 0 Å². The first kappa shape index (κ1) is 16.3. The lowest BCUT2D eigenvalue weighted by Crippen LogP contribution is -2.38. The molecule has 0 radical (unpaired) electrons. The van der Waals surface area contributed by atoms with Gasteiger partial charge < -0.3 is 0 Å². The van der Waals surface area contributed by atoms with Crippen LogP contribution in [-0.4, -0.2) is 25.5 Å². The molecule has 0 bridgehead atoms. The summed E-state index contributed by atoms with van der Waals surface area (Å²) in [5.74, 6) is 0.999. The predicted molar refractivity (Wildman–Crippen MR) is 85.8 cm³/mol. The Balaban J connectivity index is 2.19. The predicted octanol–water partition coefficient (Wildman–Crippen LogP) is 2.82. The zero-order valence-electron chi connectivity index (χ0n) is 12.3. The van der Waals surface area contributed by atoms with E-state index in [9.17, 15) is 8.42 Å². The van der Waals surface area contributed by atoms with Crippen LogP contribution in [0.4, 0.5) is 0 Å². The van der Waals surface area contributed by atoms with Gasteiger partial charge in [-0.3, -0.25) is 0 Å². The van der Waals surface area contributed by atoms with E-state index in [1.165, 1.54) is 6.07 Å². The Morgan fingerprint density at radius 2 is 2.19 bits per heavy atom. The van der Waals surface area contributed by atoms with E-state index in [0.717, 1.165) is 25.0 Å². The van der Waals surface area contributed by atoms with Crippen molar-refractivity contribution in [2.24, 2.45) is 0 Å². The van der Waals surface area contributed by atoms with Gasteiger partial charge in [0.25, 0.3) is 0 Å². The van der Waals surface area contributed by atoms with Gasteiger partial charge in [0.05, 0.1) is 16.5 Å². The molecule has 1 fully saturated rings. The number of nitrogens with one attached hydrogen (secondary N) is 1. The van der Waals surface area contributed by atoms with Crippen molar-refractivity contribution in [3.05, 3.63) is 29.3 Å². The molecule has 2 unspecified atom stereocenters. The molecule has 1 aliphatic rings. The zero-order chi connectivity index (χ0) is 15.5. The van der Waals surface area contributed by atoms with Crippen molar-refractivity contribution in [2.75, 3.05) is 5.75 Å². The van der Waals surface area contributed by atoms with E-state index < -0.39 is 10.0 Å². The minimum absolute atomic E-state index is 0.0101. The number of rotatable bonds is 5. The first-order valence-electron chi connectivity index (χ1n) is 7.12. The Labute approximate surface area is 131 Å². The summed E-state index contributed by atoms with van der Waals surface area (Å²) >= 11 is 1.82. The van der Waals surface area contributed by atoms with Crippen LogP contribution in [0.5, 0.6) is 0 Å². The van der Waals surface area contributed by atoms with E-state index in [4.69, 9.17) is 5.26 Å². The summed E-state index contributed by atoms with van der Waals surface area (Å²) in [6.45, 7) is 3.85. The Morgan fingerprint density at radius 1 is 1.43 bits per heavy atom. The smallest absolute Gasteiger partial charge is 0.207 e. The number of thioether (sulfide) groups is 1. The second kappa shape index (κ2) is 6.82. The van der Waals surface area contributed by atoms with Gasteiger partial charge in [0.15, 0.2) is 0 Å². The monoisotopic (exact) mass is 324 g/mol. The first-order valence-corrected chi connectivity index (χ1v) is 9.66. The number of hydrogen-bond donors (Lipinski definition) is 1. The van der Waals surface area contributed by atoms with Crippen LogP contribution < -0.4 is 4.72 Å². The quantitative estimate of drug-likeness (QED) is 0.904. The Bertz CT molecular complexity index is 650. The number of sulfonamides is 1. The van der Waals surface area contributed by atoms with E-state index in [1.54, 1.807) is 19.1 Å². The molecular weight excluding hydrogens is 304 g/mol. The van der Waals surface area contributed by atoms with Crippen molar-refractivity contribution in [2.45, 2.75) is 49.3 Å². The minimum Gasteiger partial charge on any atom is -0.207 e. The van der Waals surface area contributed by atoms with Crippen LogP contribution in [0.25, 0.3) is 0 Å². The molecule has 0 amide bonds. The average molecular weight is 324 g/mol. The van der Waals surface area contributed by atoms with E-state index in [1.807, 2.05) is 11.8 Å². The molecule has 4 nitrogen and oxygen atoms in total. The number of aryl methyl sites for hydroxylation is 1. The third kappa shape index (κ3) is 3.79. The van der Waals surface area contributed by atoms with Gasteiger partial charge in [-0.15, -0.1) is 0 Å². The van der Waals surface area contributed by atoms with Crippen molar-refractivity contribution in [1.82, 2.24) is 4.72 Å². The molecule has 1 saturated carbocycles. The normalized spacial score (nSPS) is 22.1. The second-order valence-electron chi connectivity index (χ2n) is 5.24. The summed E-state index contributed by atoms with van der Waals surface area (Å²) in [6.07, 6.45) is 3.03. The van der Waals surface area contributed by atoms with Crippen molar-refractivity contribution < 1.29 is 8.42 Å². The van der Waals surface area contributed by atoms with Crippen molar-refractivity contribution in [3.63, 3.8) is 0 Å². The molecule has 1 aromatic carbocycles. The highest BCUT2D eigenvalue weighted by molar-refractivity contribution is 8.00. The molecule has 6 heteroatoms. The molecule has 1 N–H and O–H groups in total. The fourth-order valence-corrected chi connectivity index (χ4v) is 5.35. The van der Waals surface area contributed by atoms with Crippen LogP contribution in [0, 0.1) is 18.3 Å². The molecule has 0 aromatic heterocycles. The van der Waals surface area contributed by atoms with E-state index in [-0.39, 0.29) is 10.9 Å². The topological polar surface area (TPSA) is 70.0 Å². The third-order valence-corrected chi connectivity index (χ3v) is 6.58. The number of nitriles is 1. The molecule has 1 aromatic rings. The SMILES string of the molecule is CCSC1CCCC1NS(=O)(=O)c1ccc(C#N)c(C)c1. The van der Waals surface area contributed by atoms with Gasteiger partial charge in [0, 0.05) is 11.3 Å². The maximum absolute atomic E-state index is 12.5. The summed E-state index contributed by atoms with van der Waals surface area (Å²) in [6, 6.07) is 6.70. The van der Waals surface area contributed by atoms with Crippen molar-refractivity contribution >= 4 is 21.8 Å². The molecule has 1 aliphatic carbocycles. The van der Waals surface area contributed by atoms with Gasteiger partial charge in [-0.05, 0) is 49.3 Å². The largest absolute Gasteiger partial charge is 0.240 e. The molecule has 2 atom stereocenters. The molecule has 114 valence electrons. The van der Waals surface area contributed by atoms with Gasteiger partial charge in [-0.2, -0.15) is 17.0 Å². The standard InChI is InChI=1S/C15H20N2O2S2/c1-3-20-15-6-4-5-14(15)17-21(18,19)13-8-7-12(10-16)11(2)9-13/h7-9,14-15,17H,3-6H2,1-2H3. The number of hydrogen-bond acceptors (Lipinski definition) is 4. The molecule has 0 saturated heterocycles. The molecule has 2 rings (SSSR count). The van der Waals surface area contributed by atoms with Crippen LogP contribution in [-0.2, 0) is 10.0 Å². The maximum Gasteiger partial charge on any atom is 0.240 e. The van der Waals surface area contributed by atoms with E-state index in [0.29, 0.717) is 16.4 Å². The molecular formula is C15H20N2O2S2. The molecule has 0 aliphatic heterocycles. The first-order chi connectivity index (χ1) is 9.97. The van der Waals surface area contributed by atoms with E-state index >= 15 is 0 Å². The Morgan fingerprint density at radius 3 is 2.81 bits per heavy atom. The van der Waals surface area contributed by atoms with E-state index in [2.05, 4.69) is 17.7 Å². The Hall–Kier alpha value is -1.03. The number of benzene rings is 1. The summed E-state index contributed by atoms with van der Waals surface area (Å²) in [5, 5.41) is 9.28. The maximum atomic E-state index is 12.5. The summed E-state index contributed by atoms with van der Waals surface area (Å²) in [5.41, 5.74) is 1.19. The second-order valence-corrected chi connectivity index (χ2v) is 8.47. The lowest BCUT2D eigenvalue weighted by Gasteiger charge is -2.20. The van der Waals surface area contributed by atoms with Gasteiger partial charge in [-0.1, -0.05) is 13.3 Å². The summed E-state index contributed by atoms with van der Waals surface area (Å²) in [7, 11) is -3.52. The molecule has 0 heterocycles. The zero-order valence-corrected chi connectivity index (χ0v) is 13.9. The highest BCUT2D eigenvalue weighted by Crippen LogP contribution is 2.31. The lowest BCUT2D eigenvalue weighted by atomic mass is 10.1. The van der Waals surface area contributed by atoms with Gasteiger partial charge in [-0.25, -0.2) is 13.1 Å². The van der Waals surface area contributed by atoms with Crippen molar-refractivity contribution in [1.29, 1.82) is 5.26 Å². The summed E-state index contributed by atoms with van der Waals surface area (Å²) < 4.78 is 27.8. The molecule has 21 heavy (non-hydrogen) atoms.